The maximum atomic E-state index is 6.88. The lowest BCUT2D eigenvalue weighted by molar-refractivity contribution is 0.0170. The van der Waals surface area contributed by atoms with Gasteiger partial charge in [-0.15, -0.1) is 0 Å². The quantitative estimate of drug-likeness (QED) is 0.147. The lowest BCUT2D eigenvalue weighted by atomic mass is 9.78. The van der Waals surface area contributed by atoms with E-state index in [0.29, 0.717) is 29.5 Å². The largest absolute Gasteiger partial charge is 0.460 e. The molecule has 2 aromatic carbocycles. The van der Waals surface area contributed by atoms with Crippen molar-refractivity contribution in [1.29, 1.82) is 0 Å². The number of amidine groups is 1. The summed E-state index contributed by atoms with van der Waals surface area (Å²) < 4.78 is 6.19. The van der Waals surface area contributed by atoms with Gasteiger partial charge in [0.05, 0.1) is 21.0 Å². The van der Waals surface area contributed by atoms with Gasteiger partial charge in [-0.05, 0) is 49.8 Å². The summed E-state index contributed by atoms with van der Waals surface area (Å²) in [6, 6.07) is 23.4. The standard InChI is InChI=1S/C34H35IN8O/c35-32(25-19-26(20-25)42-16-11-27(12-17-42)44-34-39-13-4-14-40-34)43-18-15-38-33(37)31(43)30(36)24-8-7-23-9-10-28(41-29(23)21-24)22-5-2-1-3-6-22/h1-10,13-15,18,21,25-27,32H,11-12,16-17,19-20,36H2,(H2,37,38)/b31-30-/t25-,26+,32?. The van der Waals surface area contributed by atoms with Crippen molar-refractivity contribution in [2.75, 3.05) is 13.1 Å². The van der Waals surface area contributed by atoms with E-state index in [9.17, 15) is 0 Å². The van der Waals surface area contributed by atoms with Crippen LogP contribution >= 0.6 is 22.6 Å². The van der Waals surface area contributed by atoms with E-state index in [1.54, 1.807) is 24.7 Å². The lowest BCUT2D eigenvalue weighted by Crippen LogP contribution is -2.53. The molecule has 2 aromatic heterocycles. The molecule has 4 heterocycles. The number of ether oxygens (including phenoxy) is 1. The van der Waals surface area contributed by atoms with Crippen LogP contribution in [0.1, 0.15) is 31.2 Å². The van der Waals surface area contributed by atoms with E-state index in [4.69, 9.17) is 21.2 Å². The van der Waals surface area contributed by atoms with Crippen LogP contribution in [0.4, 0.5) is 0 Å². The molecule has 1 unspecified atom stereocenters. The number of hydrogen-bond donors (Lipinski definition) is 2. The molecule has 44 heavy (non-hydrogen) atoms. The Morgan fingerprint density at radius 1 is 0.955 bits per heavy atom. The molecule has 4 aromatic rings. The molecule has 0 bridgehead atoms. The molecule has 9 nitrogen and oxygen atoms in total. The number of nitrogens with zero attached hydrogens (tertiary/aromatic N) is 6. The number of likely N-dealkylation sites (tertiary alicyclic amines) is 1. The predicted molar refractivity (Wildman–Crippen MR) is 182 cm³/mol. The summed E-state index contributed by atoms with van der Waals surface area (Å²) in [4.78, 5) is 22.6. The number of nitrogens with two attached hydrogens (primary N) is 2. The van der Waals surface area contributed by atoms with Crippen LogP contribution in [0.15, 0.2) is 102 Å². The van der Waals surface area contributed by atoms with E-state index >= 15 is 0 Å². The van der Waals surface area contributed by atoms with Gasteiger partial charge >= 0.3 is 6.01 Å². The molecule has 1 atom stereocenters. The van der Waals surface area contributed by atoms with Gasteiger partial charge in [-0.3, -0.25) is 0 Å². The second-order valence-corrected chi connectivity index (χ2v) is 12.9. The van der Waals surface area contributed by atoms with Crippen molar-refractivity contribution in [3.63, 3.8) is 0 Å². The van der Waals surface area contributed by atoms with Gasteiger partial charge < -0.3 is 26.0 Å². The Hall–Kier alpha value is -4.03. The van der Waals surface area contributed by atoms with E-state index in [-0.39, 0.29) is 10.2 Å². The minimum Gasteiger partial charge on any atom is -0.460 e. The monoisotopic (exact) mass is 698 g/mol. The number of rotatable bonds is 7. The highest BCUT2D eigenvalue weighted by atomic mass is 127. The number of aliphatic imine (C=N–C) groups is 1. The number of fused-ring (bicyclic) bond motifs is 1. The molecule has 0 amide bonds. The Balaban J connectivity index is 1.04. The number of aromatic nitrogens is 3. The number of pyridine rings is 1. The number of alkyl halides is 1. The molecule has 3 aliphatic rings. The first-order chi connectivity index (χ1) is 21.5. The highest BCUT2D eigenvalue weighted by Gasteiger charge is 2.41. The van der Waals surface area contributed by atoms with Crippen molar-refractivity contribution in [3.8, 4) is 17.3 Å². The zero-order chi connectivity index (χ0) is 30.0. The van der Waals surface area contributed by atoms with Crippen LogP contribution < -0.4 is 16.2 Å². The van der Waals surface area contributed by atoms with Gasteiger partial charge in [-0.2, -0.15) is 0 Å². The molecule has 2 aliphatic heterocycles. The third-order valence-electron chi connectivity index (χ3n) is 8.88. The van der Waals surface area contributed by atoms with Crippen molar-refractivity contribution in [2.24, 2.45) is 22.4 Å². The van der Waals surface area contributed by atoms with Crippen LogP contribution in [0.25, 0.3) is 27.9 Å². The van der Waals surface area contributed by atoms with E-state index in [1.165, 1.54) is 0 Å². The fourth-order valence-electron chi connectivity index (χ4n) is 6.36. The highest BCUT2D eigenvalue weighted by Crippen LogP contribution is 2.42. The Kier molecular flexibility index (Phi) is 8.18. The van der Waals surface area contributed by atoms with Crippen molar-refractivity contribution in [1.82, 2.24) is 24.8 Å². The van der Waals surface area contributed by atoms with Gasteiger partial charge in [-0.25, -0.2) is 19.9 Å². The first kappa shape index (κ1) is 28.7. The summed E-state index contributed by atoms with van der Waals surface area (Å²) in [5.74, 6) is 0.940. The summed E-state index contributed by atoms with van der Waals surface area (Å²) in [6.45, 7) is 2.06. The zero-order valence-electron chi connectivity index (χ0n) is 24.3. The first-order valence-corrected chi connectivity index (χ1v) is 16.3. The Bertz CT molecular complexity index is 1710. The topological polar surface area (TPSA) is 119 Å². The van der Waals surface area contributed by atoms with Gasteiger partial charge in [0.1, 0.15) is 17.6 Å². The maximum absolute atomic E-state index is 6.88. The molecule has 4 N–H and O–H groups in total. The highest BCUT2D eigenvalue weighted by molar-refractivity contribution is 14.1. The lowest BCUT2D eigenvalue weighted by Gasteiger charge is -2.49. The number of halogens is 1. The summed E-state index contributed by atoms with van der Waals surface area (Å²) in [5.41, 5.74) is 18.5. The third kappa shape index (κ3) is 5.88. The normalized spacial score (nSPS) is 22.8. The summed E-state index contributed by atoms with van der Waals surface area (Å²) in [7, 11) is 0. The molecule has 1 aliphatic carbocycles. The number of benzene rings is 2. The maximum Gasteiger partial charge on any atom is 0.316 e. The van der Waals surface area contributed by atoms with E-state index in [1.807, 2.05) is 36.5 Å². The van der Waals surface area contributed by atoms with Crippen LogP contribution in [-0.4, -0.2) is 59.9 Å². The smallest absolute Gasteiger partial charge is 0.316 e. The van der Waals surface area contributed by atoms with Gasteiger partial charge in [-0.1, -0.05) is 71.1 Å². The molecule has 10 heteroatoms. The van der Waals surface area contributed by atoms with E-state index in [0.717, 1.165) is 72.2 Å². The SMILES string of the molecule is NC1=NC=CN(C(I)[C@H]2C[C@@H](N3CCC(Oc4ncccn4)CC3)C2)/C1=C(\N)c1ccc2ccc(-c3ccccc3)nc2c1. The van der Waals surface area contributed by atoms with Crippen LogP contribution in [-0.2, 0) is 0 Å². The second kappa shape index (κ2) is 12.5. The van der Waals surface area contributed by atoms with Crippen molar-refractivity contribution in [3.05, 3.63) is 103 Å². The minimum absolute atomic E-state index is 0.175. The molecule has 224 valence electrons. The van der Waals surface area contributed by atoms with Crippen molar-refractivity contribution >= 4 is 45.0 Å². The average Bonchev–Trinajstić information content (AvgIpc) is 3.05. The predicted octanol–water partition coefficient (Wildman–Crippen LogP) is 5.55. The Labute approximate surface area is 270 Å². The molecular weight excluding hydrogens is 663 g/mol. The van der Waals surface area contributed by atoms with Gasteiger partial charge in [0, 0.05) is 60.4 Å². The minimum atomic E-state index is 0.175. The molecule has 1 saturated heterocycles. The number of piperidine rings is 1. The summed E-state index contributed by atoms with van der Waals surface area (Å²) >= 11 is 2.55. The van der Waals surface area contributed by atoms with Crippen molar-refractivity contribution < 1.29 is 4.74 Å². The van der Waals surface area contributed by atoms with E-state index in [2.05, 4.69) is 77.7 Å². The fourth-order valence-corrected chi connectivity index (χ4v) is 7.41. The van der Waals surface area contributed by atoms with Gasteiger partial charge in [0.2, 0.25) is 0 Å². The second-order valence-electron chi connectivity index (χ2n) is 11.6. The van der Waals surface area contributed by atoms with Crippen molar-refractivity contribution in [2.45, 2.75) is 41.9 Å². The first-order valence-electron chi connectivity index (χ1n) is 15.1. The summed E-state index contributed by atoms with van der Waals surface area (Å²) in [6.07, 6.45) is 11.6. The molecule has 0 spiro atoms. The Morgan fingerprint density at radius 3 is 2.48 bits per heavy atom. The third-order valence-corrected chi connectivity index (χ3v) is 10.5. The Morgan fingerprint density at radius 2 is 1.70 bits per heavy atom. The van der Waals surface area contributed by atoms with Crippen LogP contribution in [0, 0.1) is 5.92 Å². The molecule has 1 saturated carbocycles. The average molecular weight is 699 g/mol. The van der Waals surface area contributed by atoms with Gasteiger partial charge in [0.25, 0.3) is 0 Å². The van der Waals surface area contributed by atoms with E-state index < -0.39 is 0 Å². The summed E-state index contributed by atoms with van der Waals surface area (Å²) in [5, 5.41) is 1.06. The van der Waals surface area contributed by atoms with Gasteiger partial charge in [0.15, 0.2) is 0 Å². The molecule has 2 fully saturated rings. The molecular formula is C34H35IN8O. The number of hydrogen-bond acceptors (Lipinski definition) is 9. The zero-order valence-corrected chi connectivity index (χ0v) is 26.5. The molecule has 0 radical (unpaired) electrons. The fraction of sp³-hybridized carbons (Fsp3) is 0.294. The van der Waals surface area contributed by atoms with Crippen LogP contribution in [0.3, 0.4) is 0 Å². The van der Waals surface area contributed by atoms with Crippen LogP contribution in [0.2, 0.25) is 0 Å². The van der Waals surface area contributed by atoms with Crippen LogP contribution in [0.5, 0.6) is 6.01 Å². The molecule has 7 rings (SSSR count).